The summed E-state index contributed by atoms with van der Waals surface area (Å²) in [6, 6.07) is 7.48. The maximum absolute atomic E-state index is 14.2. The summed E-state index contributed by atoms with van der Waals surface area (Å²) in [6.07, 6.45) is 1.12. The smallest absolute Gasteiger partial charge is 0.262 e. The molecule has 1 unspecified atom stereocenters. The highest BCUT2D eigenvalue weighted by molar-refractivity contribution is 6.05. The normalized spacial score (nSPS) is 19.0. The molecule has 2 N–H and O–H groups in total. The van der Waals surface area contributed by atoms with Crippen molar-refractivity contribution >= 4 is 22.8 Å². The Kier molecular flexibility index (Phi) is 3.81. The number of aliphatic hydroxyl groups is 1. The Morgan fingerprint density at radius 3 is 2.94 bits per heavy atom. The summed E-state index contributed by atoms with van der Waals surface area (Å²) >= 11 is 0. The van der Waals surface area contributed by atoms with Crippen molar-refractivity contribution in [3.63, 3.8) is 0 Å². The average Bonchev–Trinajstić information content (AvgIpc) is 3.25. The van der Waals surface area contributed by atoms with Gasteiger partial charge in [-0.3, -0.25) is 4.79 Å². The Bertz CT molecular complexity index is 1440. The largest absolute Gasteiger partial charge is 0.477 e. The lowest BCUT2D eigenvalue weighted by Gasteiger charge is -2.26. The zero-order valence-corrected chi connectivity index (χ0v) is 16.3. The fourth-order valence-corrected chi connectivity index (χ4v) is 4.07. The van der Waals surface area contributed by atoms with E-state index in [-0.39, 0.29) is 48.4 Å². The third kappa shape index (κ3) is 2.61. The summed E-state index contributed by atoms with van der Waals surface area (Å²) < 4.78 is 35.3. The molecule has 0 spiro atoms. The molecule has 160 valence electrons. The zero-order chi connectivity index (χ0) is 22.0. The summed E-state index contributed by atoms with van der Waals surface area (Å²) in [4.78, 5) is 25.1. The molecule has 0 aliphatic carbocycles. The van der Waals surface area contributed by atoms with E-state index in [2.05, 4.69) is 25.4 Å². The average molecular weight is 436 g/mol. The highest BCUT2D eigenvalue weighted by Crippen LogP contribution is 2.46. The number of fused-ring (bicyclic) bond motifs is 1. The standard InChI is InChI=1S/C21H14F2N6O3/c22-11-7-12-15(28-29(18(12)24-8-11)9-10-3-1-2-4-13(10)23)17-25-16-14-19(26-17)32-6-5-21(14,31)20(30)27-16/h1-4,7-8,31H,5-6,9H2,(H,25,26,27,30). The van der Waals surface area contributed by atoms with Gasteiger partial charge in [0.1, 0.15) is 23.1 Å². The number of pyridine rings is 1. The molecule has 6 rings (SSSR count). The molecule has 1 aromatic carbocycles. The molecule has 0 fully saturated rings. The van der Waals surface area contributed by atoms with Crippen molar-refractivity contribution in [1.29, 1.82) is 0 Å². The van der Waals surface area contributed by atoms with Crippen LogP contribution < -0.4 is 10.1 Å². The maximum Gasteiger partial charge on any atom is 0.262 e. The van der Waals surface area contributed by atoms with Gasteiger partial charge in [0.2, 0.25) is 5.88 Å². The van der Waals surface area contributed by atoms with Gasteiger partial charge in [-0.15, -0.1) is 0 Å². The number of hydrogen-bond donors (Lipinski definition) is 2. The number of anilines is 1. The van der Waals surface area contributed by atoms with Crippen molar-refractivity contribution in [3.05, 3.63) is 59.3 Å². The number of benzene rings is 1. The molecule has 9 nitrogen and oxygen atoms in total. The maximum atomic E-state index is 14.2. The Morgan fingerprint density at radius 1 is 1.25 bits per heavy atom. The minimum Gasteiger partial charge on any atom is -0.477 e. The first-order chi connectivity index (χ1) is 15.4. The van der Waals surface area contributed by atoms with Crippen LogP contribution in [0.1, 0.15) is 17.5 Å². The van der Waals surface area contributed by atoms with Gasteiger partial charge in [0.25, 0.3) is 5.91 Å². The second-order valence-corrected chi connectivity index (χ2v) is 7.61. The van der Waals surface area contributed by atoms with Gasteiger partial charge in [-0.25, -0.2) is 23.4 Å². The fraction of sp³-hybridized carbons (Fsp3) is 0.190. The van der Waals surface area contributed by atoms with Crippen LogP contribution in [0.2, 0.25) is 0 Å². The number of hydrogen-bond acceptors (Lipinski definition) is 7. The quantitative estimate of drug-likeness (QED) is 0.506. The third-order valence-electron chi connectivity index (χ3n) is 5.64. The highest BCUT2D eigenvalue weighted by atomic mass is 19.1. The van der Waals surface area contributed by atoms with Gasteiger partial charge in [0.15, 0.2) is 17.1 Å². The van der Waals surface area contributed by atoms with Crippen LogP contribution in [0.5, 0.6) is 5.88 Å². The van der Waals surface area contributed by atoms with E-state index in [1.807, 2.05) is 0 Å². The number of amides is 1. The van der Waals surface area contributed by atoms with Crippen molar-refractivity contribution in [2.45, 2.75) is 18.6 Å². The predicted molar refractivity (Wildman–Crippen MR) is 107 cm³/mol. The SMILES string of the molecule is O=C1Nc2nc(-c3nn(Cc4ccccc4F)c4ncc(F)cc34)nc3c2C1(O)CCO3. The minimum absolute atomic E-state index is 0.0482. The van der Waals surface area contributed by atoms with Crippen molar-refractivity contribution < 1.29 is 23.4 Å². The van der Waals surface area contributed by atoms with E-state index in [1.54, 1.807) is 18.2 Å². The first kappa shape index (κ1) is 18.8. The van der Waals surface area contributed by atoms with Gasteiger partial charge >= 0.3 is 0 Å². The molecule has 2 aliphatic rings. The summed E-state index contributed by atoms with van der Waals surface area (Å²) in [6.45, 7) is 0.137. The molecule has 0 bridgehead atoms. The van der Waals surface area contributed by atoms with Crippen molar-refractivity contribution in [2.75, 3.05) is 11.9 Å². The number of carbonyl (C=O) groups is 1. The van der Waals surface area contributed by atoms with Crippen LogP contribution in [0.4, 0.5) is 14.6 Å². The van der Waals surface area contributed by atoms with Gasteiger partial charge < -0.3 is 15.2 Å². The molecular weight excluding hydrogens is 422 g/mol. The minimum atomic E-state index is -1.75. The molecular formula is C21H14F2N6O3. The van der Waals surface area contributed by atoms with Gasteiger partial charge in [-0.05, 0) is 12.1 Å². The number of nitrogens with zero attached hydrogens (tertiary/aromatic N) is 5. The van der Waals surface area contributed by atoms with Crippen LogP contribution in [-0.2, 0) is 16.9 Å². The Balaban J connectivity index is 1.54. The van der Waals surface area contributed by atoms with E-state index >= 15 is 0 Å². The van der Waals surface area contributed by atoms with Crippen LogP contribution in [0.25, 0.3) is 22.6 Å². The van der Waals surface area contributed by atoms with E-state index in [9.17, 15) is 18.7 Å². The number of nitrogens with one attached hydrogen (secondary N) is 1. The second-order valence-electron chi connectivity index (χ2n) is 7.61. The van der Waals surface area contributed by atoms with E-state index in [0.29, 0.717) is 16.6 Å². The van der Waals surface area contributed by atoms with Gasteiger partial charge in [0, 0.05) is 12.0 Å². The molecule has 0 saturated carbocycles. The topological polar surface area (TPSA) is 115 Å². The molecule has 4 aromatic rings. The second kappa shape index (κ2) is 6.50. The van der Waals surface area contributed by atoms with Crippen LogP contribution in [0.15, 0.2) is 36.5 Å². The Labute approximate surface area is 178 Å². The van der Waals surface area contributed by atoms with E-state index in [4.69, 9.17) is 4.74 Å². The molecule has 0 radical (unpaired) electrons. The summed E-state index contributed by atoms with van der Waals surface area (Å²) in [7, 11) is 0. The number of aromatic nitrogens is 5. The van der Waals surface area contributed by atoms with Gasteiger partial charge in [-0.2, -0.15) is 10.1 Å². The molecule has 32 heavy (non-hydrogen) atoms. The van der Waals surface area contributed by atoms with Gasteiger partial charge in [-0.1, -0.05) is 18.2 Å². The molecule has 0 saturated heterocycles. The number of ether oxygens (including phenoxy) is 1. The third-order valence-corrected chi connectivity index (χ3v) is 5.64. The predicted octanol–water partition coefficient (Wildman–Crippen LogP) is 2.14. The number of carbonyl (C=O) groups excluding carboxylic acids is 1. The summed E-state index contributed by atoms with van der Waals surface area (Å²) in [5.74, 6) is -1.39. The van der Waals surface area contributed by atoms with Crippen molar-refractivity contribution in [2.24, 2.45) is 0 Å². The van der Waals surface area contributed by atoms with E-state index in [1.165, 1.54) is 16.8 Å². The first-order valence-corrected chi connectivity index (χ1v) is 9.79. The monoisotopic (exact) mass is 436 g/mol. The molecule has 1 atom stereocenters. The van der Waals surface area contributed by atoms with Crippen molar-refractivity contribution in [1.82, 2.24) is 24.7 Å². The Morgan fingerprint density at radius 2 is 2.09 bits per heavy atom. The molecule has 11 heteroatoms. The van der Waals surface area contributed by atoms with Gasteiger partial charge in [0.05, 0.1) is 30.3 Å². The molecule has 2 aliphatic heterocycles. The number of halogens is 2. The molecule has 3 aromatic heterocycles. The Hall–Kier alpha value is -3.99. The number of rotatable bonds is 3. The zero-order valence-electron chi connectivity index (χ0n) is 16.3. The van der Waals surface area contributed by atoms with E-state index < -0.39 is 23.1 Å². The summed E-state index contributed by atoms with van der Waals surface area (Å²) in [5.41, 5.74) is -0.705. The lowest BCUT2D eigenvalue weighted by Crippen LogP contribution is -2.38. The van der Waals surface area contributed by atoms with E-state index in [0.717, 1.165) is 6.20 Å². The summed E-state index contributed by atoms with van der Waals surface area (Å²) in [5, 5.41) is 18.1. The van der Waals surface area contributed by atoms with Crippen LogP contribution in [-0.4, -0.2) is 42.4 Å². The first-order valence-electron chi connectivity index (χ1n) is 9.79. The van der Waals surface area contributed by atoms with Crippen LogP contribution in [0.3, 0.4) is 0 Å². The van der Waals surface area contributed by atoms with Crippen LogP contribution in [0, 0.1) is 11.6 Å². The fourth-order valence-electron chi connectivity index (χ4n) is 4.07. The lowest BCUT2D eigenvalue weighted by molar-refractivity contribution is -0.136. The lowest BCUT2D eigenvalue weighted by atomic mass is 9.92. The molecule has 5 heterocycles. The molecule has 1 amide bonds. The van der Waals surface area contributed by atoms with Crippen molar-refractivity contribution in [3.8, 4) is 17.4 Å². The van der Waals surface area contributed by atoms with Crippen LogP contribution >= 0.6 is 0 Å². The highest BCUT2D eigenvalue weighted by Gasteiger charge is 2.51.